The zero-order chi connectivity index (χ0) is 16.0. The molecule has 2 heterocycles. The van der Waals surface area contributed by atoms with E-state index in [9.17, 15) is 8.42 Å². The van der Waals surface area contributed by atoms with Crippen molar-refractivity contribution in [1.29, 1.82) is 0 Å². The lowest BCUT2D eigenvalue weighted by molar-refractivity contribution is 0.307. The number of ether oxygens (including phenoxy) is 1. The average molecular weight is 330 g/mol. The normalized spacial score (nSPS) is 16.7. The van der Waals surface area contributed by atoms with Gasteiger partial charge in [0.05, 0.1) is 23.7 Å². The maximum absolute atomic E-state index is 13.1. The second kappa shape index (κ2) is 5.16. The molecule has 0 aliphatic carbocycles. The molecule has 0 N–H and O–H groups in total. The first-order valence-electron chi connectivity index (χ1n) is 7.67. The molecule has 0 radical (unpaired) electrons. The van der Waals surface area contributed by atoms with E-state index >= 15 is 0 Å². The third kappa shape index (κ3) is 2.25. The summed E-state index contributed by atoms with van der Waals surface area (Å²) in [6.07, 6.45) is 0. The molecule has 6 heteroatoms. The molecule has 2 aliphatic rings. The Hall–Kier alpha value is -2.21. The van der Waals surface area contributed by atoms with Crippen LogP contribution in [0.2, 0.25) is 0 Å². The fraction of sp³-hybridized carbons (Fsp3) is 0.294. The molecule has 4 rings (SSSR count). The van der Waals surface area contributed by atoms with Crippen molar-refractivity contribution in [2.24, 2.45) is 0 Å². The van der Waals surface area contributed by atoms with E-state index < -0.39 is 10.0 Å². The van der Waals surface area contributed by atoms with Gasteiger partial charge in [0.1, 0.15) is 18.0 Å². The van der Waals surface area contributed by atoms with Crippen molar-refractivity contribution >= 4 is 21.4 Å². The first-order chi connectivity index (χ1) is 11.1. The predicted octanol–water partition coefficient (Wildman–Crippen LogP) is 2.40. The molecular weight excluding hydrogens is 312 g/mol. The Morgan fingerprint density at radius 3 is 2.70 bits per heavy atom. The number of para-hydroxylation sites is 1. The lowest BCUT2D eigenvalue weighted by Crippen LogP contribution is -2.46. The van der Waals surface area contributed by atoms with Crippen LogP contribution >= 0.6 is 0 Å². The predicted molar refractivity (Wildman–Crippen MR) is 89.9 cm³/mol. The van der Waals surface area contributed by atoms with Gasteiger partial charge >= 0.3 is 0 Å². The van der Waals surface area contributed by atoms with Crippen molar-refractivity contribution in [2.45, 2.75) is 11.8 Å². The summed E-state index contributed by atoms with van der Waals surface area (Å²) in [7, 11) is -3.57. The second-order valence-electron chi connectivity index (χ2n) is 5.85. The number of nitrogens with zero attached hydrogens (tertiary/aromatic N) is 2. The fourth-order valence-corrected chi connectivity index (χ4v) is 4.80. The molecule has 0 unspecified atom stereocenters. The van der Waals surface area contributed by atoms with Gasteiger partial charge in [-0.15, -0.1) is 0 Å². The van der Waals surface area contributed by atoms with Crippen LogP contribution < -0.4 is 13.9 Å². The summed E-state index contributed by atoms with van der Waals surface area (Å²) in [5.74, 6) is 0.762. The molecule has 0 amide bonds. The lowest BCUT2D eigenvalue weighted by Gasteiger charge is -2.41. The molecule has 5 nitrogen and oxygen atoms in total. The van der Waals surface area contributed by atoms with Gasteiger partial charge in [0, 0.05) is 6.54 Å². The SMILES string of the molecule is Cc1cccc(S(=O)(=O)N2CCN3CCOc4cccc2c43)c1. The number of anilines is 2. The molecule has 0 atom stereocenters. The van der Waals surface area contributed by atoms with Crippen molar-refractivity contribution in [1.82, 2.24) is 0 Å². The molecule has 2 aromatic rings. The average Bonchev–Trinajstić information content (AvgIpc) is 2.55. The molecule has 0 bridgehead atoms. The van der Waals surface area contributed by atoms with Gasteiger partial charge in [-0.3, -0.25) is 4.31 Å². The Morgan fingerprint density at radius 1 is 1.04 bits per heavy atom. The maximum Gasteiger partial charge on any atom is 0.264 e. The van der Waals surface area contributed by atoms with E-state index in [0.29, 0.717) is 30.3 Å². The highest BCUT2D eigenvalue weighted by Gasteiger charge is 2.35. The maximum atomic E-state index is 13.1. The largest absolute Gasteiger partial charge is 0.489 e. The Labute approximate surface area is 136 Å². The van der Waals surface area contributed by atoms with Gasteiger partial charge in [0.2, 0.25) is 0 Å². The molecule has 23 heavy (non-hydrogen) atoms. The van der Waals surface area contributed by atoms with Gasteiger partial charge in [0.15, 0.2) is 0 Å². The van der Waals surface area contributed by atoms with Gasteiger partial charge in [0.25, 0.3) is 10.0 Å². The number of benzene rings is 2. The molecule has 0 spiro atoms. The summed E-state index contributed by atoms with van der Waals surface area (Å²) in [6.45, 7) is 4.46. The van der Waals surface area contributed by atoms with E-state index in [0.717, 1.165) is 23.5 Å². The summed E-state index contributed by atoms with van der Waals surface area (Å²) in [6, 6.07) is 12.6. The van der Waals surface area contributed by atoms with Crippen LogP contribution in [-0.2, 0) is 10.0 Å². The summed E-state index contributed by atoms with van der Waals surface area (Å²) in [5, 5.41) is 0. The van der Waals surface area contributed by atoms with Gasteiger partial charge in [-0.1, -0.05) is 18.2 Å². The Morgan fingerprint density at radius 2 is 1.87 bits per heavy atom. The van der Waals surface area contributed by atoms with Gasteiger partial charge in [-0.25, -0.2) is 8.42 Å². The quantitative estimate of drug-likeness (QED) is 0.848. The Kier molecular flexibility index (Phi) is 3.23. The summed E-state index contributed by atoms with van der Waals surface area (Å²) >= 11 is 0. The van der Waals surface area contributed by atoms with Crippen molar-refractivity contribution < 1.29 is 13.2 Å². The number of sulfonamides is 1. The zero-order valence-corrected chi connectivity index (χ0v) is 13.7. The van der Waals surface area contributed by atoms with Crippen LogP contribution in [-0.4, -0.2) is 34.7 Å². The van der Waals surface area contributed by atoms with Crippen molar-refractivity contribution in [3.05, 3.63) is 48.0 Å². The zero-order valence-electron chi connectivity index (χ0n) is 12.9. The standard InChI is InChI=1S/C17H18N2O3S/c1-13-4-2-5-14(12-13)23(20,21)19-9-8-18-10-11-22-16-7-3-6-15(19)17(16)18/h2-7,12H,8-11H2,1H3. The summed E-state index contributed by atoms with van der Waals surface area (Å²) in [4.78, 5) is 2.54. The molecule has 0 saturated carbocycles. The third-order valence-corrected chi connectivity index (χ3v) is 6.14. The van der Waals surface area contributed by atoms with Crippen LogP contribution in [0, 0.1) is 6.92 Å². The first kappa shape index (κ1) is 14.4. The van der Waals surface area contributed by atoms with Gasteiger partial charge in [-0.2, -0.15) is 0 Å². The molecule has 120 valence electrons. The minimum Gasteiger partial charge on any atom is -0.489 e. The first-order valence-corrected chi connectivity index (χ1v) is 9.11. The smallest absolute Gasteiger partial charge is 0.264 e. The van der Waals surface area contributed by atoms with E-state index in [-0.39, 0.29) is 0 Å². The van der Waals surface area contributed by atoms with Crippen molar-refractivity contribution in [2.75, 3.05) is 35.4 Å². The fourth-order valence-electron chi connectivity index (χ4n) is 3.23. The highest BCUT2D eigenvalue weighted by atomic mass is 32.2. The molecule has 2 aromatic carbocycles. The van der Waals surface area contributed by atoms with Crippen LogP contribution in [0.4, 0.5) is 11.4 Å². The Balaban J connectivity index is 1.85. The highest BCUT2D eigenvalue weighted by Crippen LogP contribution is 2.44. The van der Waals surface area contributed by atoms with Crippen LogP contribution in [0.5, 0.6) is 5.75 Å². The van der Waals surface area contributed by atoms with Crippen molar-refractivity contribution in [3.63, 3.8) is 0 Å². The van der Waals surface area contributed by atoms with E-state index in [2.05, 4.69) is 4.90 Å². The minimum absolute atomic E-state index is 0.334. The number of hydrogen-bond acceptors (Lipinski definition) is 4. The number of aryl methyl sites for hydroxylation is 1. The number of hydrogen-bond donors (Lipinski definition) is 0. The summed E-state index contributed by atoms with van der Waals surface area (Å²) < 4.78 is 33.4. The monoisotopic (exact) mass is 330 g/mol. The highest BCUT2D eigenvalue weighted by molar-refractivity contribution is 7.92. The summed E-state index contributed by atoms with van der Waals surface area (Å²) in [5.41, 5.74) is 2.53. The van der Waals surface area contributed by atoms with Crippen LogP contribution in [0.1, 0.15) is 5.56 Å². The molecule has 2 aliphatic heterocycles. The van der Waals surface area contributed by atoms with Crippen LogP contribution in [0.25, 0.3) is 0 Å². The minimum atomic E-state index is -3.57. The second-order valence-corrected chi connectivity index (χ2v) is 7.72. The van der Waals surface area contributed by atoms with Gasteiger partial charge in [-0.05, 0) is 36.8 Å². The Bertz CT molecular complexity index is 864. The van der Waals surface area contributed by atoms with Crippen molar-refractivity contribution in [3.8, 4) is 5.75 Å². The number of rotatable bonds is 2. The molecule has 0 saturated heterocycles. The van der Waals surface area contributed by atoms with E-state index in [1.54, 1.807) is 18.2 Å². The molecule has 0 fully saturated rings. The third-order valence-electron chi connectivity index (χ3n) is 4.33. The van der Waals surface area contributed by atoms with Crippen LogP contribution in [0.3, 0.4) is 0 Å². The topological polar surface area (TPSA) is 49.9 Å². The molecular formula is C17H18N2O3S. The van der Waals surface area contributed by atoms with E-state index in [1.165, 1.54) is 4.31 Å². The van der Waals surface area contributed by atoms with E-state index in [4.69, 9.17) is 4.74 Å². The van der Waals surface area contributed by atoms with Gasteiger partial charge < -0.3 is 9.64 Å². The lowest BCUT2D eigenvalue weighted by atomic mass is 10.1. The molecule has 0 aromatic heterocycles. The van der Waals surface area contributed by atoms with E-state index in [1.807, 2.05) is 31.2 Å². The van der Waals surface area contributed by atoms with Crippen LogP contribution in [0.15, 0.2) is 47.4 Å².